The molecule has 19 heavy (non-hydrogen) atoms. The highest BCUT2D eigenvalue weighted by Gasteiger charge is 2.48. The van der Waals surface area contributed by atoms with E-state index in [4.69, 9.17) is 4.74 Å². The number of ether oxygens (including phenoxy) is 1. The monoisotopic (exact) mass is 289 g/mol. The van der Waals surface area contributed by atoms with E-state index in [9.17, 15) is 13.2 Å². The van der Waals surface area contributed by atoms with E-state index in [1.54, 1.807) is 14.0 Å². The smallest absolute Gasteiger partial charge is 0.309 e. The van der Waals surface area contributed by atoms with Crippen LogP contribution in [0.2, 0.25) is 0 Å². The summed E-state index contributed by atoms with van der Waals surface area (Å²) >= 11 is 0. The van der Waals surface area contributed by atoms with Crippen molar-refractivity contribution in [2.75, 3.05) is 19.4 Å². The lowest BCUT2D eigenvalue weighted by Gasteiger charge is -2.24. The van der Waals surface area contributed by atoms with Crippen molar-refractivity contribution in [3.8, 4) is 0 Å². The molecule has 2 saturated carbocycles. The summed E-state index contributed by atoms with van der Waals surface area (Å²) in [5.41, 5.74) is 0. The van der Waals surface area contributed by atoms with Crippen molar-refractivity contribution in [2.24, 2.45) is 17.8 Å². The normalized spacial score (nSPS) is 28.2. The molecule has 0 aromatic heterocycles. The van der Waals surface area contributed by atoms with Gasteiger partial charge < -0.3 is 4.74 Å². The number of carbonyl (C=O) groups is 1. The molecule has 0 aromatic carbocycles. The molecule has 1 unspecified atom stereocenters. The molecule has 0 heterocycles. The lowest BCUT2D eigenvalue weighted by atomic mass is 10.2. The van der Waals surface area contributed by atoms with Crippen molar-refractivity contribution in [3.63, 3.8) is 0 Å². The molecular formula is C13H23NO4S. The van der Waals surface area contributed by atoms with Crippen molar-refractivity contribution in [3.05, 3.63) is 0 Å². The van der Waals surface area contributed by atoms with E-state index in [1.165, 1.54) is 4.31 Å². The van der Waals surface area contributed by atoms with Gasteiger partial charge in [-0.05, 0) is 44.9 Å². The molecule has 3 atom stereocenters. The second-order valence-electron chi connectivity index (χ2n) is 5.73. The fraction of sp³-hybridized carbons (Fsp3) is 0.923. The molecule has 2 aliphatic rings. The largest absolute Gasteiger partial charge is 0.466 e. The van der Waals surface area contributed by atoms with Crippen LogP contribution in [0.4, 0.5) is 0 Å². The van der Waals surface area contributed by atoms with Crippen molar-refractivity contribution in [1.82, 2.24) is 4.31 Å². The summed E-state index contributed by atoms with van der Waals surface area (Å²) in [6.45, 7) is 4.08. The maximum Gasteiger partial charge on any atom is 0.309 e. The van der Waals surface area contributed by atoms with Crippen molar-refractivity contribution in [1.29, 1.82) is 0 Å². The van der Waals surface area contributed by atoms with E-state index >= 15 is 0 Å². The minimum Gasteiger partial charge on any atom is -0.466 e. The zero-order valence-electron chi connectivity index (χ0n) is 11.8. The molecule has 0 bridgehead atoms. The van der Waals surface area contributed by atoms with Crippen LogP contribution < -0.4 is 0 Å². The molecule has 0 aliphatic heterocycles. The predicted octanol–water partition coefficient (Wildman–Crippen LogP) is 1.25. The average Bonchev–Trinajstić information content (AvgIpc) is 3.20. The maximum atomic E-state index is 12.3. The SMILES string of the molecule is CCOC(=O)[C@@H]1C[C@H]1CS(=O)(=O)N(C)C(C)C1CC1. The van der Waals surface area contributed by atoms with Gasteiger partial charge in [-0.15, -0.1) is 0 Å². The van der Waals surface area contributed by atoms with Crippen molar-refractivity contribution in [2.45, 2.75) is 39.2 Å². The number of rotatable bonds is 7. The molecule has 5 nitrogen and oxygen atoms in total. The van der Waals surface area contributed by atoms with Gasteiger partial charge in [0.15, 0.2) is 0 Å². The molecule has 0 spiro atoms. The first-order valence-corrected chi connectivity index (χ1v) is 8.60. The van der Waals surface area contributed by atoms with Crippen LogP contribution >= 0.6 is 0 Å². The van der Waals surface area contributed by atoms with Crippen LogP contribution in [0.15, 0.2) is 0 Å². The first-order valence-electron chi connectivity index (χ1n) is 6.99. The minimum absolute atomic E-state index is 0.0575. The summed E-state index contributed by atoms with van der Waals surface area (Å²) in [4.78, 5) is 11.5. The lowest BCUT2D eigenvalue weighted by molar-refractivity contribution is -0.144. The molecule has 2 aliphatic carbocycles. The fourth-order valence-corrected chi connectivity index (χ4v) is 4.31. The highest BCUT2D eigenvalue weighted by Crippen LogP contribution is 2.42. The van der Waals surface area contributed by atoms with E-state index in [2.05, 4.69) is 0 Å². The van der Waals surface area contributed by atoms with Crippen LogP contribution in [-0.2, 0) is 19.6 Å². The van der Waals surface area contributed by atoms with Gasteiger partial charge in [-0.1, -0.05) is 0 Å². The Bertz CT molecular complexity index is 444. The molecule has 6 heteroatoms. The van der Waals surface area contributed by atoms with Gasteiger partial charge in [-0.2, -0.15) is 0 Å². The standard InChI is InChI=1S/C13H23NO4S/c1-4-18-13(15)12-7-11(12)8-19(16,17)14(3)9(2)10-5-6-10/h9-12H,4-8H2,1-3H3/t9?,11-,12+/m0/s1. The zero-order valence-corrected chi connectivity index (χ0v) is 12.6. The fourth-order valence-electron chi connectivity index (χ4n) is 2.49. The van der Waals surface area contributed by atoms with E-state index < -0.39 is 10.0 Å². The van der Waals surface area contributed by atoms with Crippen LogP contribution in [0, 0.1) is 17.8 Å². The first-order chi connectivity index (χ1) is 8.86. The summed E-state index contributed by atoms with van der Waals surface area (Å²) in [5.74, 6) is 0.0713. The van der Waals surface area contributed by atoms with E-state index in [-0.39, 0.29) is 29.6 Å². The molecule has 0 saturated heterocycles. The Labute approximate surface area is 115 Å². The molecule has 2 fully saturated rings. The van der Waals surface area contributed by atoms with Crippen LogP contribution in [-0.4, -0.2) is 44.1 Å². The predicted molar refractivity (Wildman–Crippen MR) is 72.0 cm³/mol. The molecule has 0 radical (unpaired) electrons. The van der Waals surface area contributed by atoms with Gasteiger partial charge in [-0.25, -0.2) is 12.7 Å². The quantitative estimate of drug-likeness (QED) is 0.662. The second kappa shape index (κ2) is 5.40. The summed E-state index contributed by atoms with van der Waals surface area (Å²) in [6.07, 6.45) is 2.88. The highest BCUT2D eigenvalue weighted by molar-refractivity contribution is 7.89. The molecule has 0 amide bonds. The summed E-state index contributed by atoms with van der Waals surface area (Å²) in [5, 5.41) is 0. The van der Waals surface area contributed by atoms with E-state index in [1.807, 2.05) is 6.92 Å². The Hall–Kier alpha value is -0.620. The Morgan fingerprint density at radius 2 is 2.05 bits per heavy atom. The first kappa shape index (κ1) is 14.8. The van der Waals surface area contributed by atoms with Gasteiger partial charge in [0.25, 0.3) is 0 Å². The van der Waals surface area contributed by atoms with Gasteiger partial charge in [0.1, 0.15) is 0 Å². The highest BCUT2D eigenvalue weighted by atomic mass is 32.2. The van der Waals surface area contributed by atoms with Gasteiger partial charge in [-0.3, -0.25) is 4.79 Å². The third kappa shape index (κ3) is 3.48. The van der Waals surface area contributed by atoms with Gasteiger partial charge >= 0.3 is 5.97 Å². The molecular weight excluding hydrogens is 266 g/mol. The molecule has 2 rings (SSSR count). The number of hydrogen-bond donors (Lipinski definition) is 0. The van der Waals surface area contributed by atoms with Crippen LogP contribution in [0.5, 0.6) is 0 Å². The molecule has 0 aromatic rings. The number of carbonyl (C=O) groups excluding carboxylic acids is 1. The average molecular weight is 289 g/mol. The third-order valence-electron chi connectivity index (χ3n) is 4.25. The molecule has 0 N–H and O–H groups in total. The summed E-state index contributed by atoms with van der Waals surface area (Å²) in [6, 6.07) is 0.0739. The van der Waals surface area contributed by atoms with Crippen LogP contribution in [0.1, 0.15) is 33.1 Å². The number of esters is 1. The lowest BCUT2D eigenvalue weighted by Crippen LogP contribution is -2.38. The number of sulfonamides is 1. The Morgan fingerprint density at radius 1 is 1.42 bits per heavy atom. The Morgan fingerprint density at radius 3 is 2.58 bits per heavy atom. The van der Waals surface area contributed by atoms with Crippen molar-refractivity contribution >= 4 is 16.0 Å². The molecule has 110 valence electrons. The van der Waals surface area contributed by atoms with Gasteiger partial charge in [0.2, 0.25) is 10.0 Å². The van der Waals surface area contributed by atoms with Gasteiger partial charge in [0, 0.05) is 13.1 Å². The topological polar surface area (TPSA) is 63.7 Å². The Balaban J connectivity index is 1.86. The summed E-state index contributed by atoms with van der Waals surface area (Å²) in [7, 11) is -1.60. The second-order valence-corrected chi connectivity index (χ2v) is 7.80. The number of hydrogen-bond acceptors (Lipinski definition) is 4. The van der Waals surface area contributed by atoms with Crippen molar-refractivity contribution < 1.29 is 17.9 Å². The van der Waals surface area contributed by atoms with Crippen LogP contribution in [0.25, 0.3) is 0 Å². The van der Waals surface area contributed by atoms with Crippen LogP contribution in [0.3, 0.4) is 0 Å². The Kier molecular flexibility index (Phi) is 4.20. The van der Waals surface area contributed by atoms with E-state index in [0.717, 1.165) is 12.8 Å². The van der Waals surface area contributed by atoms with Gasteiger partial charge in [0.05, 0.1) is 18.3 Å². The zero-order chi connectivity index (χ0) is 14.2. The third-order valence-corrected chi connectivity index (χ3v) is 6.31. The maximum absolute atomic E-state index is 12.3. The summed E-state index contributed by atoms with van der Waals surface area (Å²) < 4.78 is 30.9. The van der Waals surface area contributed by atoms with E-state index in [0.29, 0.717) is 18.9 Å². The minimum atomic E-state index is -3.26. The number of nitrogens with zero attached hydrogens (tertiary/aromatic N) is 1.